The summed E-state index contributed by atoms with van der Waals surface area (Å²) in [5, 5.41) is 3.57. The molecule has 5 nitrogen and oxygen atoms in total. The second-order valence-corrected chi connectivity index (χ2v) is 8.33. The first-order valence-electron chi connectivity index (χ1n) is 10.1. The minimum absolute atomic E-state index is 0. The summed E-state index contributed by atoms with van der Waals surface area (Å²) in [4.78, 5) is 27.8. The molecule has 0 spiro atoms. The first-order valence-corrected chi connectivity index (χ1v) is 10.1. The van der Waals surface area contributed by atoms with Crippen molar-refractivity contribution in [1.29, 1.82) is 0 Å². The number of piperidine rings is 2. The fraction of sp³-hybridized carbons (Fsp3) is 0.895. The van der Waals surface area contributed by atoms with Crippen molar-refractivity contribution in [2.75, 3.05) is 26.2 Å². The normalized spacial score (nSPS) is 29.9. The summed E-state index contributed by atoms with van der Waals surface area (Å²) < 4.78 is 38.1. The zero-order chi connectivity index (χ0) is 19.6. The summed E-state index contributed by atoms with van der Waals surface area (Å²) in [6.07, 6.45) is 1.72. The summed E-state index contributed by atoms with van der Waals surface area (Å²) >= 11 is 0. The molecule has 0 radical (unpaired) electrons. The van der Waals surface area contributed by atoms with Crippen molar-refractivity contribution in [1.82, 2.24) is 15.1 Å². The number of fused-ring (bicyclic) bond motifs is 2. The van der Waals surface area contributed by atoms with Crippen LogP contribution in [-0.2, 0) is 9.59 Å². The largest absolute Gasteiger partial charge is 0.406 e. The number of hydrogen-bond acceptors (Lipinski definition) is 3. The van der Waals surface area contributed by atoms with Gasteiger partial charge in [0.15, 0.2) is 0 Å². The molecule has 162 valence electrons. The predicted octanol–water partition coefficient (Wildman–Crippen LogP) is 2.98. The first kappa shape index (κ1) is 23.3. The van der Waals surface area contributed by atoms with E-state index in [4.69, 9.17) is 0 Å². The maximum atomic E-state index is 12.7. The van der Waals surface area contributed by atoms with Crippen molar-refractivity contribution >= 4 is 24.2 Å². The van der Waals surface area contributed by atoms with Crippen LogP contribution in [0.25, 0.3) is 0 Å². The standard InChI is InChI=1S/C19H30F3N3O2.ClH/c1-2-24(12-19(20,21)22)18(27)14-4-3-7-25(11-14)17(26)10-13-8-15-5-6-16(9-13)23-15;/h13-16,23H,2-12H2,1H3;1H. The molecule has 3 unspecified atom stereocenters. The van der Waals surface area contributed by atoms with Crippen molar-refractivity contribution in [3.63, 3.8) is 0 Å². The quantitative estimate of drug-likeness (QED) is 0.736. The van der Waals surface area contributed by atoms with E-state index in [-0.39, 0.29) is 31.4 Å². The fourth-order valence-electron chi connectivity index (χ4n) is 4.94. The number of likely N-dealkylation sites (tertiary alicyclic amines) is 1. The van der Waals surface area contributed by atoms with Crippen molar-refractivity contribution < 1.29 is 22.8 Å². The molecule has 2 bridgehead atoms. The maximum Gasteiger partial charge on any atom is 0.406 e. The Morgan fingerprint density at radius 3 is 2.36 bits per heavy atom. The highest BCUT2D eigenvalue weighted by Gasteiger charge is 2.38. The van der Waals surface area contributed by atoms with Gasteiger partial charge in [0, 0.05) is 38.1 Å². The van der Waals surface area contributed by atoms with E-state index < -0.39 is 24.5 Å². The number of amides is 2. The summed E-state index contributed by atoms with van der Waals surface area (Å²) in [5.41, 5.74) is 0. The van der Waals surface area contributed by atoms with Crippen molar-refractivity contribution in [2.45, 2.75) is 70.1 Å². The Balaban J connectivity index is 0.00000280. The molecule has 3 aliphatic heterocycles. The molecule has 28 heavy (non-hydrogen) atoms. The van der Waals surface area contributed by atoms with Crippen molar-refractivity contribution in [2.24, 2.45) is 11.8 Å². The van der Waals surface area contributed by atoms with Gasteiger partial charge in [-0.15, -0.1) is 12.4 Å². The second-order valence-electron chi connectivity index (χ2n) is 8.33. The molecule has 3 atom stereocenters. The highest BCUT2D eigenvalue weighted by molar-refractivity contribution is 5.85. The Hall–Kier alpha value is -1.02. The molecule has 0 aromatic heterocycles. The van der Waals surface area contributed by atoms with E-state index in [0.717, 1.165) is 17.7 Å². The van der Waals surface area contributed by atoms with Crippen LogP contribution < -0.4 is 5.32 Å². The number of carbonyl (C=O) groups is 2. The molecule has 3 aliphatic rings. The molecule has 0 saturated carbocycles. The van der Waals surface area contributed by atoms with Gasteiger partial charge in [-0.25, -0.2) is 0 Å². The van der Waals surface area contributed by atoms with Crippen LogP contribution in [0.1, 0.15) is 51.9 Å². The lowest BCUT2D eigenvalue weighted by Crippen LogP contribution is -2.49. The minimum Gasteiger partial charge on any atom is -0.342 e. The number of halogens is 4. The summed E-state index contributed by atoms with van der Waals surface area (Å²) in [7, 11) is 0. The average molecular weight is 426 g/mol. The highest BCUT2D eigenvalue weighted by atomic mass is 35.5. The van der Waals surface area contributed by atoms with Gasteiger partial charge >= 0.3 is 6.18 Å². The zero-order valence-corrected chi connectivity index (χ0v) is 17.2. The monoisotopic (exact) mass is 425 g/mol. The van der Waals surface area contributed by atoms with Crippen LogP contribution >= 0.6 is 12.4 Å². The van der Waals surface area contributed by atoms with E-state index in [1.807, 2.05) is 0 Å². The number of rotatable bonds is 5. The molecular weight excluding hydrogens is 395 g/mol. The number of nitrogens with zero attached hydrogens (tertiary/aromatic N) is 2. The Kier molecular flexibility index (Phi) is 8.02. The first-order chi connectivity index (χ1) is 12.7. The van der Waals surface area contributed by atoms with E-state index in [9.17, 15) is 22.8 Å². The fourth-order valence-corrected chi connectivity index (χ4v) is 4.94. The second kappa shape index (κ2) is 9.65. The summed E-state index contributed by atoms with van der Waals surface area (Å²) in [6, 6.07) is 1.05. The molecule has 0 aromatic carbocycles. The molecule has 1 N–H and O–H groups in total. The third kappa shape index (κ3) is 5.99. The van der Waals surface area contributed by atoms with Gasteiger partial charge in [0.25, 0.3) is 0 Å². The number of carbonyl (C=O) groups excluding carboxylic acids is 2. The molecule has 0 aliphatic carbocycles. The molecule has 0 aromatic rings. The zero-order valence-electron chi connectivity index (χ0n) is 16.3. The average Bonchev–Trinajstić information content (AvgIpc) is 2.96. The SMILES string of the molecule is CCN(CC(F)(F)F)C(=O)C1CCCN(C(=O)CC2CC3CCC(C2)N3)C1.Cl. The highest BCUT2D eigenvalue weighted by Crippen LogP contribution is 2.33. The lowest BCUT2D eigenvalue weighted by molar-refractivity contribution is -0.164. The van der Waals surface area contributed by atoms with Gasteiger partial charge in [0.2, 0.25) is 11.8 Å². The molecule has 3 saturated heterocycles. The van der Waals surface area contributed by atoms with E-state index >= 15 is 0 Å². The molecule has 2 amide bonds. The van der Waals surface area contributed by atoms with Crippen LogP contribution in [0, 0.1) is 11.8 Å². The van der Waals surface area contributed by atoms with Gasteiger partial charge in [-0.05, 0) is 51.4 Å². The van der Waals surface area contributed by atoms with Gasteiger partial charge in [-0.1, -0.05) is 0 Å². The Labute approximate surface area is 170 Å². The van der Waals surface area contributed by atoms with Gasteiger partial charge in [-0.2, -0.15) is 13.2 Å². The minimum atomic E-state index is -4.40. The summed E-state index contributed by atoms with van der Waals surface area (Å²) in [5.74, 6) is -0.566. The lowest BCUT2D eigenvalue weighted by atomic mass is 9.88. The van der Waals surface area contributed by atoms with E-state index in [1.165, 1.54) is 12.8 Å². The molecular formula is C19H31ClF3N3O2. The topological polar surface area (TPSA) is 52.7 Å². The van der Waals surface area contributed by atoms with Crippen LogP contribution in [0.2, 0.25) is 0 Å². The van der Waals surface area contributed by atoms with Gasteiger partial charge < -0.3 is 15.1 Å². The number of hydrogen-bond donors (Lipinski definition) is 1. The van der Waals surface area contributed by atoms with Crippen LogP contribution in [0.3, 0.4) is 0 Å². The van der Waals surface area contributed by atoms with Gasteiger partial charge in [0.05, 0.1) is 5.92 Å². The Morgan fingerprint density at radius 1 is 1.14 bits per heavy atom. The predicted molar refractivity (Wildman–Crippen MR) is 102 cm³/mol. The van der Waals surface area contributed by atoms with Gasteiger partial charge in [0.1, 0.15) is 6.54 Å². The summed E-state index contributed by atoms with van der Waals surface area (Å²) in [6.45, 7) is 1.22. The third-order valence-electron chi connectivity index (χ3n) is 6.22. The lowest BCUT2D eigenvalue weighted by Gasteiger charge is -2.36. The molecule has 3 heterocycles. The van der Waals surface area contributed by atoms with E-state index in [2.05, 4.69) is 5.32 Å². The van der Waals surface area contributed by atoms with Crippen molar-refractivity contribution in [3.05, 3.63) is 0 Å². The van der Waals surface area contributed by atoms with Gasteiger partial charge in [-0.3, -0.25) is 9.59 Å². The van der Waals surface area contributed by atoms with Crippen LogP contribution in [-0.4, -0.2) is 66.1 Å². The molecule has 3 rings (SSSR count). The van der Waals surface area contributed by atoms with Crippen LogP contribution in [0.5, 0.6) is 0 Å². The Morgan fingerprint density at radius 2 is 1.79 bits per heavy atom. The molecule has 3 fully saturated rings. The van der Waals surface area contributed by atoms with Crippen molar-refractivity contribution in [3.8, 4) is 0 Å². The number of alkyl halides is 3. The maximum absolute atomic E-state index is 12.7. The smallest absolute Gasteiger partial charge is 0.342 e. The van der Waals surface area contributed by atoms with E-state index in [0.29, 0.717) is 43.8 Å². The Bertz CT molecular complexity index is 549. The van der Waals surface area contributed by atoms with Crippen LogP contribution in [0.15, 0.2) is 0 Å². The third-order valence-corrected chi connectivity index (χ3v) is 6.22. The van der Waals surface area contributed by atoms with Crippen LogP contribution in [0.4, 0.5) is 13.2 Å². The number of nitrogens with one attached hydrogen (secondary N) is 1. The van der Waals surface area contributed by atoms with E-state index in [1.54, 1.807) is 11.8 Å². The molecule has 9 heteroatoms.